The summed E-state index contributed by atoms with van der Waals surface area (Å²) in [5.74, 6) is -1.84. The zero-order valence-corrected chi connectivity index (χ0v) is 4.72. The van der Waals surface area contributed by atoms with Gasteiger partial charge in [0, 0.05) is 0 Å². The second-order valence-corrected chi connectivity index (χ2v) is 1.60. The van der Waals surface area contributed by atoms with Crippen LogP contribution in [0.3, 0.4) is 0 Å². The molecule has 48 valence electrons. The number of carboxylic acid groups (broad SMARTS) is 1. The predicted molar refractivity (Wildman–Crippen MR) is 27.4 cm³/mol. The van der Waals surface area contributed by atoms with Gasteiger partial charge in [0.15, 0.2) is 0 Å². The fraction of sp³-hybridized carbons (Fsp3) is 0.800. The molecule has 3 heteroatoms. The van der Waals surface area contributed by atoms with Crippen molar-refractivity contribution in [2.75, 3.05) is 6.67 Å². The van der Waals surface area contributed by atoms with E-state index in [1.54, 1.807) is 6.92 Å². The SMILES string of the molecule is CCC(CF)C(=O)O. The summed E-state index contributed by atoms with van der Waals surface area (Å²) in [6.07, 6.45) is 0.367. The highest BCUT2D eigenvalue weighted by atomic mass is 19.1. The Morgan fingerprint density at radius 3 is 2.38 bits per heavy atom. The van der Waals surface area contributed by atoms with Crippen molar-refractivity contribution in [1.29, 1.82) is 0 Å². The molecule has 1 N–H and O–H groups in total. The van der Waals surface area contributed by atoms with Crippen molar-refractivity contribution in [3.05, 3.63) is 0 Å². The Morgan fingerprint density at radius 2 is 2.38 bits per heavy atom. The van der Waals surface area contributed by atoms with Crippen LogP contribution < -0.4 is 0 Å². The molecule has 0 aromatic carbocycles. The van der Waals surface area contributed by atoms with E-state index in [0.29, 0.717) is 6.42 Å². The van der Waals surface area contributed by atoms with Crippen molar-refractivity contribution in [1.82, 2.24) is 0 Å². The zero-order chi connectivity index (χ0) is 6.57. The molecule has 2 nitrogen and oxygen atoms in total. The molecule has 0 aliphatic carbocycles. The van der Waals surface area contributed by atoms with E-state index >= 15 is 0 Å². The van der Waals surface area contributed by atoms with Crippen molar-refractivity contribution >= 4 is 5.97 Å². The second kappa shape index (κ2) is 3.41. The molecular weight excluding hydrogens is 111 g/mol. The first-order valence-corrected chi connectivity index (χ1v) is 2.51. The summed E-state index contributed by atoms with van der Waals surface area (Å²) >= 11 is 0. The topological polar surface area (TPSA) is 37.3 Å². The molecule has 0 spiro atoms. The number of alkyl halides is 1. The summed E-state index contributed by atoms with van der Waals surface area (Å²) in [5.41, 5.74) is 0. The third-order valence-corrected chi connectivity index (χ3v) is 1.03. The number of rotatable bonds is 3. The molecule has 0 aliphatic heterocycles. The molecule has 0 aliphatic rings. The summed E-state index contributed by atoms with van der Waals surface area (Å²) in [6, 6.07) is 0. The van der Waals surface area contributed by atoms with Crippen LogP contribution in [0.25, 0.3) is 0 Å². The van der Waals surface area contributed by atoms with Gasteiger partial charge in [-0.3, -0.25) is 9.18 Å². The van der Waals surface area contributed by atoms with Crippen LogP contribution in [0.15, 0.2) is 0 Å². The molecule has 0 saturated carbocycles. The number of halogens is 1. The van der Waals surface area contributed by atoms with E-state index in [1.165, 1.54) is 0 Å². The van der Waals surface area contributed by atoms with Crippen molar-refractivity contribution in [3.63, 3.8) is 0 Å². The van der Waals surface area contributed by atoms with Gasteiger partial charge in [-0.25, -0.2) is 0 Å². The molecule has 0 aromatic heterocycles. The minimum Gasteiger partial charge on any atom is -0.481 e. The average Bonchev–Trinajstić information content (AvgIpc) is 1.69. The molecule has 0 fully saturated rings. The average molecular weight is 120 g/mol. The highest BCUT2D eigenvalue weighted by Crippen LogP contribution is 2.01. The van der Waals surface area contributed by atoms with E-state index in [9.17, 15) is 9.18 Å². The van der Waals surface area contributed by atoms with Crippen LogP contribution in [0.4, 0.5) is 4.39 Å². The van der Waals surface area contributed by atoms with Crippen LogP contribution in [0.1, 0.15) is 13.3 Å². The largest absolute Gasteiger partial charge is 0.481 e. The number of carboxylic acids is 1. The van der Waals surface area contributed by atoms with Crippen LogP contribution in [0.5, 0.6) is 0 Å². The molecule has 1 unspecified atom stereocenters. The first-order valence-electron chi connectivity index (χ1n) is 2.51. The molecule has 0 radical (unpaired) electrons. The van der Waals surface area contributed by atoms with Gasteiger partial charge < -0.3 is 5.11 Å². The van der Waals surface area contributed by atoms with Crippen LogP contribution in [-0.4, -0.2) is 17.8 Å². The second-order valence-electron chi connectivity index (χ2n) is 1.60. The fourth-order valence-corrected chi connectivity index (χ4v) is 0.350. The van der Waals surface area contributed by atoms with Crippen LogP contribution >= 0.6 is 0 Å². The third-order valence-electron chi connectivity index (χ3n) is 1.03. The van der Waals surface area contributed by atoms with Crippen LogP contribution in [0, 0.1) is 5.92 Å². The third kappa shape index (κ3) is 1.91. The number of carbonyl (C=O) groups is 1. The van der Waals surface area contributed by atoms with Gasteiger partial charge in [-0.15, -0.1) is 0 Å². The van der Waals surface area contributed by atoms with Gasteiger partial charge in [-0.2, -0.15) is 0 Å². The quantitative estimate of drug-likeness (QED) is 0.604. The Kier molecular flexibility index (Phi) is 3.15. The van der Waals surface area contributed by atoms with Crippen LogP contribution in [0.2, 0.25) is 0 Å². The molecule has 8 heavy (non-hydrogen) atoms. The van der Waals surface area contributed by atoms with E-state index < -0.39 is 18.6 Å². The number of aliphatic carboxylic acids is 1. The molecule has 1 atom stereocenters. The lowest BCUT2D eigenvalue weighted by Crippen LogP contribution is -2.13. The lowest BCUT2D eigenvalue weighted by atomic mass is 10.1. The standard InChI is InChI=1S/C5H9FO2/c1-2-4(3-6)5(7)8/h4H,2-3H2,1H3,(H,7,8). The maximum Gasteiger partial charge on any atom is 0.309 e. The van der Waals surface area contributed by atoms with Gasteiger partial charge in [0.2, 0.25) is 0 Å². The molecular formula is C5H9FO2. The summed E-state index contributed by atoms with van der Waals surface area (Å²) in [4.78, 5) is 9.92. The molecule has 0 heterocycles. The van der Waals surface area contributed by atoms with E-state index in [2.05, 4.69) is 0 Å². The number of hydrogen-bond donors (Lipinski definition) is 1. The Morgan fingerprint density at radius 1 is 1.88 bits per heavy atom. The van der Waals surface area contributed by atoms with Crippen molar-refractivity contribution < 1.29 is 14.3 Å². The molecule has 0 bridgehead atoms. The Labute approximate surface area is 47.3 Å². The number of hydrogen-bond acceptors (Lipinski definition) is 1. The van der Waals surface area contributed by atoms with E-state index in [0.717, 1.165) is 0 Å². The Hall–Kier alpha value is -0.600. The van der Waals surface area contributed by atoms with Gasteiger partial charge in [0.05, 0.1) is 5.92 Å². The smallest absolute Gasteiger partial charge is 0.309 e. The molecule has 0 amide bonds. The maximum atomic E-state index is 11.5. The lowest BCUT2D eigenvalue weighted by Gasteiger charge is -2.00. The zero-order valence-electron chi connectivity index (χ0n) is 4.72. The summed E-state index contributed by atoms with van der Waals surface area (Å²) in [5, 5.41) is 8.13. The van der Waals surface area contributed by atoms with Crippen molar-refractivity contribution in [2.45, 2.75) is 13.3 Å². The highest BCUT2D eigenvalue weighted by Gasteiger charge is 2.12. The van der Waals surface area contributed by atoms with Gasteiger partial charge in [0.25, 0.3) is 0 Å². The predicted octanol–water partition coefficient (Wildman–Crippen LogP) is 1.07. The maximum absolute atomic E-state index is 11.5. The van der Waals surface area contributed by atoms with Crippen molar-refractivity contribution in [2.24, 2.45) is 5.92 Å². The normalized spacial score (nSPS) is 13.2. The van der Waals surface area contributed by atoms with Gasteiger partial charge >= 0.3 is 5.97 Å². The molecule has 0 saturated heterocycles. The van der Waals surface area contributed by atoms with Crippen LogP contribution in [-0.2, 0) is 4.79 Å². The highest BCUT2D eigenvalue weighted by molar-refractivity contribution is 5.69. The van der Waals surface area contributed by atoms with E-state index in [-0.39, 0.29) is 0 Å². The Balaban J connectivity index is 3.52. The lowest BCUT2D eigenvalue weighted by molar-refractivity contribution is -0.142. The van der Waals surface area contributed by atoms with Gasteiger partial charge in [-0.1, -0.05) is 6.92 Å². The van der Waals surface area contributed by atoms with Crippen molar-refractivity contribution in [3.8, 4) is 0 Å². The minimum atomic E-state index is -1.05. The fourth-order valence-electron chi connectivity index (χ4n) is 0.350. The summed E-state index contributed by atoms with van der Waals surface area (Å²) < 4.78 is 11.5. The molecule has 0 rings (SSSR count). The van der Waals surface area contributed by atoms with E-state index in [1.807, 2.05) is 0 Å². The first-order chi connectivity index (χ1) is 3.72. The monoisotopic (exact) mass is 120 g/mol. The molecule has 0 aromatic rings. The first kappa shape index (κ1) is 7.40. The van der Waals surface area contributed by atoms with Gasteiger partial charge in [-0.05, 0) is 6.42 Å². The minimum absolute atomic E-state index is 0.367. The summed E-state index contributed by atoms with van der Waals surface area (Å²) in [6.45, 7) is 0.893. The van der Waals surface area contributed by atoms with Gasteiger partial charge in [0.1, 0.15) is 6.67 Å². The summed E-state index contributed by atoms with van der Waals surface area (Å²) in [7, 11) is 0. The Bertz CT molecular complexity index is 78.5. The van der Waals surface area contributed by atoms with E-state index in [4.69, 9.17) is 5.11 Å².